The molecule has 21 heavy (non-hydrogen) atoms. The summed E-state index contributed by atoms with van der Waals surface area (Å²) in [6.07, 6.45) is 3.33. The van der Waals surface area contributed by atoms with Crippen LogP contribution in [0.4, 0.5) is 0 Å². The number of carbonyl (C=O) groups is 2. The molecule has 3 atom stereocenters. The van der Waals surface area contributed by atoms with Gasteiger partial charge in [0.15, 0.2) is 0 Å². The molecule has 1 aromatic carbocycles. The van der Waals surface area contributed by atoms with Gasteiger partial charge >= 0.3 is 0 Å². The minimum atomic E-state index is -1.19. The highest BCUT2D eigenvalue weighted by atomic mass is 16.2. The van der Waals surface area contributed by atoms with E-state index in [9.17, 15) is 9.59 Å². The second-order valence-corrected chi connectivity index (χ2v) is 5.96. The molecular formula is C16H23N3O2. The average molecular weight is 289 g/mol. The van der Waals surface area contributed by atoms with Gasteiger partial charge in [-0.3, -0.25) is 9.59 Å². The van der Waals surface area contributed by atoms with Crippen molar-refractivity contribution >= 4 is 11.8 Å². The summed E-state index contributed by atoms with van der Waals surface area (Å²) >= 11 is 0. The Hall–Kier alpha value is -1.88. The molecule has 1 unspecified atom stereocenters. The highest BCUT2D eigenvalue weighted by Crippen LogP contribution is 2.27. The molecule has 1 aliphatic carbocycles. The Bertz CT molecular complexity index is 518. The minimum absolute atomic E-state index is 0.0762. The zero-order valence-electron chi connectivity index (χ0n) is 12.3. The first-order valence-electron chi connectivity index (χ1n) is 7.35. The number of hydrogen-bond donors (Lipinski definition) is 3. The molecule has 1 aliphatic rings. The molecular weight excluding hydrogens is 266 g/mol. The zero-order chi connectivity index (χ0) is 15.5. The van der Waals surface area contributed by atoms with Gasteiger partial charge in [-0.2, -0.15) is 0 Å². The van der Waals surface area contributed by atoms with E-state index in [4.69, 9.17) is 11.5 Å². The van der Waals surface area contributed by atoms with Crippen LogP contribution in [0.5, 0.6) is 0 Å². The maximum Gasteiger partial charge on any atom is 0.247 e. The van der Waals surface area contributed by atoms with Crippen molar-refractivity contribution in [3.63, 3.8) is 0 Å². The second kappa shape index (κ2) is 6.26. The zero-order valence-corrected chi connectivity index (χ0v) is 12.3. The Morgan fingerprint density at radius 1 is 1.29 bits per heavy atom. The van der Waals surface area contributed by atoms with E-state index in [-0.39, 0.29) is 17.9 Å². The number of hydrogen-bond acceptors (Lipinski definition) is 3. The molecule has 5 nitrogen and oxygen atoms in total. The summed E-state index contributed by atoms with van der Waals surface area (Å²) in [6.45, 7) is 1.64. The molecule has 5 heteroatoms. The lowest BCUT2D eigenvalue weighted by Gasteiger charge is -2.29. The van der Waals surface area contributed by atoms with Crippen molar-refractivity contribution < 1.29 is 9.59 Å². The van der Waals surface area contributed by atoms with Crippen LogP contribution in [0.3, 0.4) is 0 Å². The van der Waals surface area contributed by atoms with Crippen LogP contribution in [0, 0.1) is 5.92 Å². The first-order valence-corrected chi connectivity index (χ1v) is 7.35. The molecule has 0 spiro atoms. The summed E-state index contributed by atoms with van der Waals surface area (Å²) in [7, 11) is 0. The Labute approximate surface area is 125 Å². The molecule has 2 rings (SSSR count). The lowest BCUT2D eigenvalue weighted by molar-refractivity contribution is -0.131. The van der Waals surface area contributed by atoms with Gasteiger partial charge in [0, 0.05) is 12.5 Å². The number of primary amides is 1. The van der Waals surface area contributed by atoms with E-state index in [0.29, 0.717) is 12.0 Å². The standard InChI is InChI=1S/C16H23N3O2/c1-16(15(18)21,12-7-3-2-4-8-12)19-14(20)10-11-6-5-9-13(11)17/h2-4,7-8,11,13H,5-6,9-10,17H2,1H3,(H2,18,21)(H,19,20)/t11-,13+,16?/m0/s1. The van der Waals surface area contributed by atoms with Crippen LogP contribution in [-0.4, -0.2) is 17.9 Å². The van der Waals surface area contributed by atoms with Gasteiger partial charge in [0.1, 0.15) is 5.54 Å². The SMILES string of the molecule is CC(NC(=O)C[C@@H]1CCC[C@H]1N)(C(N)=O)c1ccccc1. The van der Waals surface area contributed by atoms with Crippen LogP contribution >= 0.6 is 0 Å². The number of carbonyl (C=O) groups excluding carboxylic acids is 2. The molecule has 0 bridgehead atoms. The van der Waals surface area contributed by atoms with Crippen LogP contribution in [0.1, 0.15) is 38.2 Å². The van der Waals surface area contributed by atoms with Gasteiger partial charge in [0.25, 0.3) is 0 Å². The predicted molar refractivity (Wildman–Crippen MR) is 81.1 cm³/mol. The largest absolute Gasteiger partial charge is 0.367 e. The average Bonchev–Trinajstić information content (AvgIpc) is 2.84. The topological polar surface area (TPSA) is 98.2 Å². The van der Waals surface area contributed by atoms with Gasteiger partial charge in [-0.15, -0.1) is 0 Å². The molecule has 0 aromatic heterocycles. The Kier molecular flexibility index (Phi) is 4.63. The molecule has 114 valence electrons. The fraction of sp³-hybridized carbons (Fsp3) is 0.500. The monoisotopic (exact) mass is 289 g/mol. The van der Waals surface area contributed by atoms with Crippen molar-refractivity contribution in [2.24, 2.45) is 17.4 Å². The van der Waals surface area contributed by atoms with Crippen LogP contribution in [0.2, 0.25) is 0 Å². The van der Waals surface area contributed by atoms with Gasteiger partial charge in [0.05, 0.1) is 0 Å². The van der Waals surface area contributed by atoms with Gasteiger partial charge in [-0.1, -0.05) is 36.8 Å². The summed E-state index contributed by atoms with van der Waals surface area (Å²) in [6, 6.07) is 9.13. The highest BCUT2D eigenvalue weighted by molar-refractivity contribution is 5.91. The van der Waals surface area contributed by atoms with E-state index >= 15 is 0 Å². The maximum absolute atomic E-state index is 12.3. The first-order chi connectivity index (χ1) is 9.93. The fourth-order valence-corrected chi connectivity index (χ4v) is 2.93. The highest BCUT2D eigenvalue weighted by Gasteiger charge is 2.36. The van der Waals surface area contributed by atoms with Crippen molar-refractivity contribution in [1.82, 2.24) is 5.32 Å². The quantitative estimate of drug-likeness (QED) is 0.754. The third-order valence-electron chi connectivity index (χ3n) is 4.40. The maximum atomic E-state index is 12.3. The number of benzene rings is 1. The summed E-state index contributed by atoms with van der Waals surface area (Å²) in [5.74, 6) is -0.557. The van der Waals surface area contributed by atoms with Crippen molar-refractivity contribution in [3.05, 3.63) is 35.9 Å². The van der Waals surface area contributed by atoms with E-state index < -0.39 is 11.4 Å². The molecule has 5 N–H and O–H groups in total. The van der Waals surface area contributed by atoms with Crippen LogP contribution < -0.4 is 16.8 Å². The van der Waals surface area contributed by atoms with E-state index in [0.717, 1.165) is 19.3 Å². The molecule has 0 heterocycles. The molecule has 2 amide bonds. The summed E-state index contributed by atoms with van der Waals surface area (Å²) < 4.78 is 0. The normalized spacial score (nSPS) is 24.3. The minimum Gasteiger partial charge on any atom is -0.367 e. The number of nitrogens with one attached hydrogen (secondary N) is 1. The number of nitrogens with two attached hydrogens (primary N) is 2. The van der Waals surface area contributed by atoms with Gasteiger partial charge in [-0.05, 0) is 31.2 Å². The smallest absolute Gasteiger partial charge is 0.247 e. The van der Waals surface area contributed by atoms with Crippen molar-refractivity contribution in [2.75, 3.05) is 0 Å². The molecule has 0 radical (unpaired) electrons. The van der Waals surface area contributed by atoms with E-state index in [1.54, 1.807) is 19.1 Å². The molecule has 1 aromatic rings. The van der Waals surface area contributed by atoms with Crippen molar-refractivity contribution in [1.29, 1.82) is 0 Å². The van der Waals surface area contributed by atoms with Gasteiger partial charge in [-0.25, -0.2) is 0 Å². The van der Waals surface area contributed by atoms with Crippen molar-refractivity contribution in [3.8, 4) is 0 Å². The summed E-state index contributed by atoms with van der Waals surface area (Å²) in [5, 5.41) is 2.79. The lowest BCUT2D eigenvalue weighted by Crippen LogP contribution is -2.53. The Balaban J connectivity index is 2.09. The van der Waals surface area contributed by atoms with Gasteiger partial charge in [0.2, 0.25) is 11.8 Å². The molecule has 1 fully saturated rings. The summed E-state index contributed by atoms with van der Waals surface area (Å²) in [5.41, 5.74) is 11.0. The number of amides is 2. The molecule has 1 saturated carbocycles. The van der Waals surface area contributed by atoms with Crippen LogP contribution in [0.15, 0.2) is 30.3 Å². The third kappa shape index (κ3) is 3.42. The van der Waals surface area contributed by atoms with Crippen molar-refractivity contribution in [2.45, 2.75) is 44.2 Å². The van der Waals surface area contributed by atoms with Crippen LogP contribution in [-0.2, 0) is 15.1 Å². The summed E-state index contributed by atoms with van der Waals surface area (Å²) in [4.78, 5) is 24.1. The Morgan fingerprint density at radius 2 is 1.95 bits per heavy atom. The van der Waals surface area contributed by atoms with E-state index in [2.05, 4.69) is 5.32 Å². The van der Waals surface area contributed by atoms with Gasteiger partial charge < -0.3 is 16.8 Å². The second-order valence-electron chi connectivity index (χ2n) is 5.96. The first kappa shape index (κ1) is 15.5. The lowest BCUT2D eigenvalue weighted by atomic mass is 9.90. The predicted octanol–water partition coefficient (Wildman–Crippen LogP) is 1.02. The molecule has 0 aliphatic heterocycles. The Morgan fingerprint density at radius 3 is 2.48 bits per heavy atom. The number of rotatable bonds is 5. The van der Waals surface area contributed by atoms with E-state index in [1.807, 2.05) is 18.2 Å². The van der Waals surface area contributed by atoms with E-state index in [1.165, 1.54) is 0 Å². The van der Waals surface area contributed by atoms with Crippen LogP contribution in [0.25, 0.3) is 0 Å². The molecule has 0 saturated heterocycles. The fourth-order valence-electron chi connectivity index (χ4n) is 2.93. The third-order valence-corrected chi connectivity index (χ3v) is 4.40.